The summed E-state index contributed by atoms with van der Waals surface area (Å²) in [6.45, 7) is -0.250. The number of hydrogen-bond acceptors (Lipinski definition) is 8. The van der Waals surface area contributed by atoms with Crippen molar-refractivity contribution >= 4 is 41.6 Å². The van der Waals surface area contributed by atoms with Crippen LogP contribution in [0.4, 0.5) is 5.69 Å². The van der Waals surface area contributed by atoms with Gasteiger partial charge >= 0.3 is 7.12 Å². The van der Waals surface area contributed by atoms with Crippen LogP contribution in [0.2, 0.25) is 0 Å². The first kappa shape index (κ1) is 22.4. The Bertz CT molecular complexity index is 1280. The largest absolute Gasteiger partial charge is 0.488 e. The monoisotopic (exact) mass is 434 g/mol. The van der Waals surface area contributed by atoms with Crippen molar-refractivity contribution in [3.05, 3.63) is 60.6 Å². The molecular weight excluding hydrogens is 415 g/mol. The van der Waals surface area contributed by atoms with Crippen LogP contribution in [0.3, 0.4) is 0 Å². The Hall–Kier alpha value is -4.29. The van der Waals surface area contributed by atoms with Gasteiger partial charge in [-0.2, -0.15) is 15.3 Å². The molecule has 0 saturated heterocycles. The van der Waals surface area contributed by atoms with Gasteiger partial charge in [-0.3, -0.25) is 9.59 Å². The van der Waals surface area contributed by atoms with Crippen molar-refractivity contribution in [2.75, 3.05) is 12.8 Å². The summed E-state index contributed by atoms with van der Waals surface area (Å²) in [5.74, 6) is -0.253. The van der Waals surface area contributed by atoms with Crippen molar-refractivity contribution in [2.45, 2.75) is 0 Å². The van der Waals surface area contributed by atoms with E-state index in [2.05, 4.69) is 20.6 Å². The third-order valence-electron chi connectivity index (χ3n) is 4.62. The minimum atomic E-state index is -1.63. The number of carbonyl (C=O) groups is 2. The zero-order chi connectivity index (χ0) is 23.3. The SMILES string of the molecule is CNC(=O)c1cnn(-c2ccc(B(O)O)cc2-c2ccc3c(N)cnnc3c2)c1.O=CO. The van der Waals surface area contributed by atoms with Gasteiger partial charge < -0.3 is 26.2 Å². The van der Waals surface area contributed by atoms with Gasteiger partial charge in [0.15, 0.2) is 0 Å². The maximum absolute atomic E-state index is 11.9. The Morgan fingerprint density at radius 1 is 1.19 bits per heavy atom. The van der Waals surface area contributed by atoms with Gasteiger partial charge in [0.25, 0.3) is 12.4 Å². The van der Waals surface area contributed by atoms with Crippen molar-refractivity contribution in [3.8, 4) is 16.8 Å². The number of hydrogen-bond donors (Lipinski definition) is 5. The fourth-order valence-corrected chi connectivity index (χ4v) is 3.11. The van der Waals surface area contributed by atoms with Crippen molar-refractivity contribution < 1.29 is 24.7 Å². The molecule has 0 radical (unpaired) electrons. The second-order valence-electron chi connectivity index (χ2n) is 6.54. The summed E-state index contributed by atoms with van der Waals surface area (Å²) < 4.78 is 1.56. The number of carbonyl (C=O) groups excluding carboxylic acids is 1. The number of nitrogens with zero attached hydrogens (tertiary/aromatic N) is 4. The summed E-state index contributed by atoms with van der Waals surface area (Å²) in [6, 6.07) is 10.5. The number of aromatic nitrogens is 4. The summed E-state index contributed by atoms with van der Waals surface area (Å²) in [6.07, 6.45) is 4.55. The number of benzene rings is 2. The summed E-state index contributed by atoms with van der Waals surface area (Å²) >= 11 is 0. The van der Waals surface area contributed by atoms with E-state index >= 15 is 0 Å². The molecule has 0 spiro atoms. The van der Waals surface area contributed by atoms with E-state index in [-0.39, 0.29) is 12.4 Å². The van der Waals surface area contributed by atoms with Crippen LogP contribution in [0.25, 0.3) is 27.7 Å². The maximum atomic E-state index is 11.9. The smallest absolute Gasteiger partial charge is 0.483 e. The molecule has 2 aromatic heterocycles. The quantitative estimate of drug-likeness (QED) is 0.215. The number of rotatable bonds is 4. The molecule has 0 fully saturated rings. The molecule has 0 bridgehead atoms. The van der Waals surface area contributed by atoms with Crippen LogP contribution in [0, 0.1) is 0 Å². The van der Waals surface area contributed by atoms with E-state index in [9.17, 15) is 14.8 Å². The molecule has 6 N–H and O–H groups in total. The fraction of sp³-hybridized carbons (Fsp3) is 0.0500. The molecule has 12 heteroatoms. The minimum Gasteiger partial charge on any atom is -0.483 e. The molecule has 1 amide bonds. The van der Waals surface area contributed by atoms with Gasteiger partial charge in [-0.05, 0) is 29.2 Å². The summed E-state index contributed by atoms with van der Waals surface area (Å²) in [7, 11) is -0.0811. The highest BCUT2D eigenvalue weighted by Gasteiger charge is 2.17. The van der Waals surface area contributed by atoms with E-state index in [0.29, 0.717) is 33.5 Å². The van der Waals surface area contributed by atoms with Gasteiger partial charge in [-0.15, -0.1) is 0 Å². The van der Waals surface area contributed by atoms with Gasteiger partial charge in [0.1, 0.15) is 0 Å². The second-order valence-corrected chi connectivity index (χ2v) is 6.54. The van der Waals surface area contributed by atoms with E-state index < -0.39 is 7.12 Å². The molecule has 0 saturated carbocycles. The average molecular weight is 434 g/mol. The minimum absolute atomic E-state index is 0.250. The number of carboxylic acid groups (broad SMARTS) is 1. The Balaban J connectivity index is 0.000000913. The highest BCUT2D eigenvalue weighted by atomic mass is 16.4. The van der Waals surface area contributed by atoms with E-state index in [1.165, 1.54) is 12.4 Å². The van der Waals surface area contributed by atoms with Gasteiger partial charge in [0.05, 0.1) is 34.8 Å². The van der Waals surface area contributed by atoms with Gasteiger partial charge in [0, 0.05) is 24.2 Å². The molecule has 0 atom stereocenters. The summed E-state index contributed by atoms with van der Waals surface area (Å²) in [5.41, 5.74) is 9.89. The third kappa shape index (κ3) is 4.56. The predicted molar refractivity (Wildman–Crippen MR) is 118 cm³/mol. The Kier molecular flexibility index (Phi) is 6.78. The molecule has 11 nitrogen and oxygen atoms in total. The first-order valence-corrected chi connectivity index (χ1v) is 9.26. The standard InChI is InChI=1S/C19H17BN6O3.CH2O2/c1-22-19(27)12-8-24-26(10-12)18-5-3-13(20(28)29)7-15(18)11-2-4-14-16(21)9-23-25-17(14)6-11;2-1-3/h2-10,28-29H,1H3,(H2,21,25)(H,22,27);1H,(H,2,3). The summed E-state index contributed by atoms with van der Waals surface area (Å²) in [5, 5.41) is 41.7. The number of fused-ring (bicyclic) bond motifs is 1. The predicted octanol–water partition coefficient (Wildman–Crippen LogP) is -0.195. The van der Waals surface area contributed by atoms with Crippen LogP contribution in [-0.2, 0) is 4.79 Å². The van der Waals surface area contributed by atoms with Crippen LogP contribution < -0.4 is 16.5 Å². The normalized spacial score (nSPS) is 10.2. The Morgan fingerprint density at radius 3 is 2.62 bits per heavy atom. The van der Waals surface area contributed by atoms with E-state index in [1.54, 1.807) is 36.1 Å². The number of anilines is 1. The van der Waals surface area contributed by atoms with Gasteiger partial charge in [0.2, 0.25) is 0 Å². The number of amides is 1. The van der Waals surface area contributed by atoms with Crippen LogP contribution >= 0.6 is 0 Å². The van der Waals surface area contributed by atoms with Gasteiger partial charge in [-0.25, -0.2) is 4.68 Å². The van der Waals surface area contributed by atoms with Crippen molar-refractivity contribution in [1.29, 1.82) is 0 Å². The lowest BCUT2D eigenvalue weighted by molar-refractivity contribution is -0.122. The Morgan fingerprint density at radius 2 is 1.94 bits per heavy atom. The molecule has 4 rings (SSSR count). The first-order chi connectivity index (χ1) is 15.4. The van der Waals surface area contributed by atoms with E-state index in [0.717, 1.165) is 10.9 Å². The molecule has 0 aliphatic heterocycles. The zero-order valence-electron chi connectivity index (χ0n) is 16.9. The van der Waals surface area contributed by atoms with Gasteiger partial charge in [-0.1, -0.05) is 18.2 Å². The molecule has 0 unspecified atom stereocenters. The van der Waals surface area contributed by atoms with Crippen LogP contribution in [0.1, 0.15) is 10.4 Å². The average Bonchev–Trinajstić information content (AvgIpc) is 3.29. The topological polar surface area (TPSA) is 176 Å². The number of nitrogen functional groups attached to an aromatic ring is 1. The van der Waals surface area contributed by atoms with Crippen LogP contribution in [0.5, 0.6) is 0 Å². The molecule has 32 heavy (non-hydrogen) atoms. The lowest BCUT2D eigenvalue weighted by Crippen LogP contribution is -2.30. The van der Waals surface area contributed by atoms with Crippen molar-refractivity contribution in [1.82, 2.24) is 25.3 Å². The van der Waals surface area contributed by atoms with Crippen molar-refractivity contribution in [2.24, 2.45) is 0 Å². The molecule has 0 aliphatic rings. The third-order valence-corrected chi connectivity index (χ3v) is 4.62. The first-order valence-electron chi connectivity index (χ1n) is 9.26. The lowest BCUT2D eigenvalue weighted by atomic mass is 9.78. The molecule has 162 valence electrons. The Labute approximate surface area is 182 Å². The van der Waals surface area contributed by atoms with E-state index in [4.69, 9.17) is 15.6 Å². The van der Waals surface area contributed by atoms with Crippen LogP contribution in [-0.4, -0.2) is 61.7 Å². The summed E-state index contributed by atoms with van der Waals surface area (Å²) in [4.78, 5) is 20.2. The second kappa shape index (κ2) is 9.68. The highest BCUT2D eigenvalue weighted by molar-refractivity contribution is 6.58. The highest BCUT2D eigenvalue weighted by Crippen LogP contribution is 2.29. The van der Waals surface area contributed by atoms with Crippen LogP contribution in [0.15, 0.2) is 55.0 Å². The number of nitrogens with one attached hydrogen (secondary N) is 1. The molecular formula is C20H19BN6O5. The molecule has 0 aliphatic carbocycles. The zero-order valence-corrected chi connectivity index (χ0v) is 16.9. The molecule has 4 aromatic rings. The molecule has 2 aromatic carbocycles. The number of nitrogens with two attached hydrogens (primary N) is 1. The molecule has 2 heterocycles. The lowest BCUT2D eigenvalue weighted by Gasteiger charge is -2.13. The fourth-order valence-electron chi connectivity index (χ4n) is 3.11. The van der Waals surface area contributed by atoms with E-state index in [1.807, 2.05) is 18.2 Å². The maximum Gasteiger partial charge on any atom is 0.488 e. The van der Waals surface area contributed by atoms with Crippen molar-refractivity contribution in [3.63, 3.8) is 0 Å².